The Labute approximate surface area is 161 Å². The van der Waals surface area contributed by atoms with Crippen molar-refractivity contribution in [1.29, 1.82) is 0 Å². The molecule has 3 heterocycles. The monoisotopic (exact) mass is 379 g/mol. The zero-order chi connectivity index (χ0) is 19.1. The number of rotatable bonds is 4. The molecule has 0 saturated heterocycles. The maximum absolute atomic E-state index is 12.6. The SMILES string of the molecule is COc1ccccc1[C@H]1CNC(=O)c2nc(-c3noc(C4CCC4)n3)[nH]c2C1. The van der Waals surface area contributed by atoms with Gasteiger partial charge in [0.25, 0.3) is 5.91 Å². The first-order valence-electron chi connectivity index (χ1n) is 9.57. The quantitative estimate of drug-likeness (QED) is 0.722. The van der Waals surface area contributed by atoms with Gasteiger partial charge in [-0.15, -0.1) is 0 Å². The standard InChI is InChI=1S/C20H21N5O3/c1-27-15-8-3-2-7-13(15)12-9-14-16(19(26)21-10-12)23-17(22-14)18-24-20(28-25-18)11-5-4-6-11/h2-3,7-8,11-12H,4-6,9-10H2,1H3,(H,21,26)(H,22,23)/t12-/m1/s1. The number of fused-ring (bicyclic) bond motifs is 1. The number of para-hydroxylation sites is 1. The minimum atomic E-state index is -0.197. The van der Waals surface area contributed by atoms with Crippen molar-refractivity contribution in [3.8, 4) is 17.4 Å². The van der Waals surface area contributed by atoms with Crippen LogP contribution in [0.1, 0.15) is 58.7 Å². The molecule has 0 unspecified atom stereocenters. The number of nitrogens with one attached hydrogen (secondary N) is 2. The summed E-state index contributed by atoms with van der Waals surface area (Å²) in [6, 6.07) is 7.88. The summed E-state index contributed by atoms with van der Waals surface area (Å²) in [5.41, 5.74) is 2.22. The van der Waals surface area contributed by atoms with Crippen LogP contribution in [0.15, 0.2) is 28.8 Å². The van der Waals surface area contributed by atoms with Gasteiger partial charge in [0.15, 0.2) is 5.82 Å². The number of methoxy groups -OCH3 is 1. The molecule has 1 saturated carbocycles. The van der Waals surface area contributed by atoms with Crippen LogP contribution in [0, 0.1) is 0 Å². The zero-order valence-electron chi connectivity index (χ0n) is 15.6. The topological polar surface area (TPSA) is 106 Å². The number of carbonyl (C=O) groups is 1. The first-order valence-corrected chi connectivity index (χ1v) is 9.57. The number of nitrogens with zero attached hydrogens (tertiary/aromatic N) is 3. The third kappa shape index (κ3) is 2.85. The van der Waals surface area contributed by atoms with Crippen LogP contribution >= 0.6 is 0 Å². The number of H-pyrrole nitrogens is 1. The lowest BCUT2D eigenvalue weighted by Gasteiger charge is -2.20. The third-order valence-corrected chi connectivity index (χ3v) is 5.64. The Balaban J connectivity index is 1.46. The smallest absolute Gasteiger partial charge is 0.271 e. The molecule has 1 atom stereocenters. The molecule has 2 aromatic heterocycles. The average Bonchev–Trinajstić information content (AvgIpc) is 3.28. The van der Waals surface area contributed by atoms with E-state index in [1.165, 1.54) is 6.42 Å². The molecule has 28 heavy (non-hydrogen) atoms. The largest absolute Gasteiger partial charge is 0.496 e. The highest BCUT2D eigenvalue weighted by Crippen LogP contribution is 2.36. The highest BCUT2D eigenvalue weighted by molar-refractivity contribution is 5.94. The van der Waals surface area contributed by atoms with Crippen LogP contribution in [0.25, 0.3) is 11.6 Å². The van der Waals surface area contributed by atoms with Gasteiger partial charge in [-0.05, 0) is 30.9 Å². The van der Waals surface area contributed by atoms with Crippen LogP contribution in [0.2, 0.25) is 0 Å². The summed E-state index contributed by atoms with van der Waals surface area (Å²) in [6.45, 7) is 0.521. The van der Waals surface area contributed by atoms with E-state index < -0.39 is 0 Å². The first-order chi connectivity index (χ1) is 13.7. The summed E-state index contributed by atoms with van der Waals surface area (Å²) in [5, 5.41) is 7.02. The molecule has 3 aromatic rings. The Bertz CT molecular complexity index is 1020. The van der Waals surface area contributed by atoms with Gasteiger partial charge in [0.05, 0.1) is 7.11 Å². The number of aromatic nitrogens is 4. The van der Waals surface area contributed by atoms with Crippen molar-refractivity contribution in [2.75, 3.05) is 13.7 Å². The highest BCUT2D eigenvalue weighted by atomic mass is 16.5. The molecule has 2 N–H and O–H groups in total. The molecule has 1 amide bonds. The van der Waals surface area contributed by atoms with E-state index in [1.807, 2.05) is 24.3 Å². The lowest BCUT2D eigenvalue weighted by Crippen LogP contribution is -2.26. The van der Waals surface area contributed by atoms with Gasteiger partial charge >= 0.3 is 0 Å². The number of imidazole rings is 1. The Morgan fingerprint density at radius 2 is 2.04 bits per heavy atom. The molecule has 2 aliphatic rings. The second-order valence-electron chi connectivity index (χ2n) is 7.35. The minimum absolute atomic E-state index is 0.0745. The Hall–Kier alpha value is -3.16. The molecule has 5 rings (SSSR count). The fourth-order valence-electron chi connectivity index (χ4n) is 3.84. The van der Waals surface area contributed by atoms with Gasteiger partial charge in [-0.1, -0.05) is 29.8 Å². The van der Waals surface area contributed by atoms with Gasteiger partial charge in [-0.2, -0.15) is 4.98 Å². The summed E-state index contributed by atoms with van der Waals surface area (Å²) >= 11 is 0. The maximum atomic E-state index is 12.6. The summed E-state index contributed by atoms with van der Waals surface area (Å²) < 4.78 is 10.9. The minimum Gasteiger partial charge on any atom is -0.496 e. The van der Waals surface area contributed by atoms with E-state index in [-0.39, 0.29) is 11.8 Å². The van der Waals surface area contributed by atoms with Crippen molar-refractivity contribution in [3.05, 3.63) is 47.1 Å². The second-order valence-corrected chi connectivity index (χ2v) is 7.35. The van der Waals surface area contributed by atoms with Crippen LogP contribution in [-0.2, 0) is 6.42 Å². The summed E-state index contributed by atoms with van der Waals surface area (Å²) in [7, 11) is 1.66. The van der Waals surface area contributed by atoms with Crippen molar-refractivity contribution >= 4 is 5.91 Å². The number of aromatic amines is 1. The van der Waals surface area contributed by atoms with Crippen molar-refractivity contribution < 1.29 is 14.1 Å². The Morgan fingerprint density at radius 3 is 2.82 bits per heavy atom. The molecular formula is C20H21N5O3. The Morgan fingerprint density at radius 1 is 1.18 bits per heavy atom. The van der Waals surface area contributed by atoms with Crippen molar-refractivity contribution in [1.82, 2.24) is 25.4 Å². The van der Waals surface area contributed by atoms with Gasteiger partial charge in [-0.3, -0.25) is 4.79 Å². The highest BCUT2D eigenvalue weighted by Gasteiger charge is 2.30. The molecule has 0 bridgehead atoms. The lowest BCUT2D eigenvalue weighted by atomic mass is 9.85. The molecule has 8 nitrogen and oxygen atoms in total. The zero-order valence-corrected chi connectivity index (χ0v) is 15.6. The number of benzene rings is 1. The molecule has 0 spiro atoms. The molecule has 144 valence electrons. The number of carbonyl (C=O) groups excluding carboxylic acids is 1. The summed E-state index contributed by atoms with van der Waals surface area (Å²) in [5.74, 6) is 2.57. The van der Waals surface area contributed by atoms with E-state index in [0.29, 0.717) is 42.1 Å². The van der Waals surface area contributed by atoms with Crippen LogP contribution < -0.4 is 10.1 Å². The predicted octanol–water partition coefficient (Wildman–Crippen LogP) is 2.81. The maximum Gasteiger partial charge on any atom is 0.271 e. The van der Waals surface area contributed by atoms with E-state index in [9.17, 15) is 4.79 Å². The molecule has 0 radical (unpaired) electrons. The fourth-order valence-corrected chi connectivity index (χ4v) is 3.84. The predicted molar refractivity (Wildman–Crippen MR) is 100 cm³/mol. The molecule has 1 aromatic carbocycles. The average molecular weight is 379 g/mol. The third-order valence-electron chi connectivity index (χ3n) is 5.64. The second kappa shape index (κ2) is 6.78. The molecule has 1 aliphatic carbocycles. The van der Waals surface area contributed by atoms with Crippen LogP contribution in [0.5, 0.6) is 5.75 Å². The fraction of sp³-hybridized carbons (Fsp3) is 0.400. The van der Waals surface area contributed by atoms with Crippen molar-refractivity contribution in [2.45, 2.75) is 37.5 Å². The number of ether oxygens (including phenoxy) is 1. The number of hydrogen-bond acceptors (Lipinski definition) is 6. The number of hydrogen-bond donors (Lipinski definition) is 2. The summed E-state index contributed by atoms with van der Waals surface area (Å²) in [4.78, 5) is 24.8. The lowest BCUT2D eigenvalue weighted by molar-refractivity contribution is 0.0950. The molecular weight excluding hydrogens is 358 g/mol. The molecule has 1 fully saturated rings. The van der Waals surface area contributed by atoms with Gasteiger partial charge < -0.3 is 19.6 Å². The Kier molecular flexibility index (Phi) is 4.11. The van der Waals surface area contributed by atoms with E-state index >= 15 is 0 Å². The molecule has 8 heteroatoms. The van der Waals surface area contributed by atoms with Gasteiger partial charge in [0.2, 0.25) is 11.7 Å². The van der Waals surface area contributed by atoms with Crippen LogP contribution in [-0.4, -0.2) is 39.7 Å². The van der Waals surface area contributed by atoms with E-state index in [1.54, 1.807) is 7.11 Å². The van der Waals surface area contributed by atoms with Crippen LogP contribution in [0.3, 0.4) is 0 Å². The van der Waals surface area contributed by atoms with E-state index in [0.717, 1.165) is 29.8 Å². The number of amides is 1. The van der Waals surface area contributed by atoms with Crippen molar-refractivity contribution in [3.63, 3.8) is 0 Å². The van der Waals surface area contributed by atoms with Gasteiger partial charge in [0.1, 0.15) is 11.4 Å². The van der Waals surface area contributed by atoms with E-state index in [2.05, 4.69) is 25.4 Å². The van der Waals surface area contributed by atoms with Crippen LogP contribution in [0.4, 0.5) is 0 Å². The normalized spacial score (nSPS) is 19.5. The summed E-state index contributed by atoms with van der Waals surface area (Å²) in [6.07, 6.45) is 4.00. The van der Waals surface area contributed by atoms with Gasteiger partial charge in [0, 0.05) is 24.1 Å². The van der Waals surface area contributed by atoms with Crippen molar-refractivity contribution in [2.24, 2.45) is 0 Å². The van der Waals surface area contributed by atoms with Gasteiger partial charge in [-0.25, -0.2) is 4.98 Å². The molecule has 1 aliphatic heterocycles. The van der Waals surface area contributed by atoms with E-state index in [4.69, 9.17) is 9.26 Å². The first kappa shape index (κ1) is 17.0.